The van der Waals surface area contributed by atoms with Gasteiger partial charge in [-0.25, -0.2) is 4.79 Å². The molecule has 2 amide bonds. The van der Waals surface area contributed by atoms with E-state index in [-0.39, 0.29) is 12.1 Å². The minimum Gasteiger partial charge on any atom is -0.481 e. The fraction of sp³-hybridized carbons (Fsp3) is 0.833. The van der Waals surface area contributed by atoms with E-state index in [0.717, 1.165) is 25.9 Å². The van der Waals surface area contributed by atoms with Crippen molar-refractivity contribution in [2.45, 2.75) is 31.8 Å². The number of aliphatic carboxylic acids is 1. The van der Waals surface area contributed by atoms with Crippen LogP contribution < -0.4 is 5.32 Å². The Labute approximate surface area is 106 Å². The molecular weight excluding hydrogens is 236 g/mol. The predicted octanol–water partition coefficient (Wildman–Crippen LogP) is 0.672. The van der Waals surface area contributed by atoms with E-state index in [2.05, 4.69) is 5.32 Å². The molecule has 2 fully saturated rings. The fourth-order valence-electron chi connectivity index (χ4n) is 2.47. The van der Waals surface area contributed by atoms with Crippen LogP contribution in [0.5, 0.6) is 0 Å². The van der Waals surface area contributed by atoms with Crippen LogP contribution in [0.4, 0.5) is 4.79 Å². The largest absolute Gasteiger partial charge is 0.481 e. The maximum atomic E-state index is 11.8. The molecule has 0 aromatic heterocycles. The molecule has 6 heteroatoms. The second-order valence-electron chi connectivity index (χ2n) is 4.93. The molecule has 102 valence electrons. The van der Waals surface area contributed by atoms with Crippen molar-refractivity contribution in [2.24, 2.45) is 5.92 Å². The van der Waals surface area contributed by atoms with Crippen molar-refractivity contribution in [1.29, 1.82) is 0 Å². The molecule has 2 aliphatic rings. The van der Waals surface area contributed by atoms with Crippen LogP contribution in [0.25, 0.3) is 0 Å². The number of likely N-dealkylation sites (tertiary alicyclic amines) is 1. The summed E-state index contributed by atoms with van der Waals surface area (Å²) in [6.45, 7) is 2.27. The molecule has 0 radical (unpaired) electrons. The van der Waals surface area contributed by atoms with Crippen molar-refractivity contribution in [3.63, 3.8) is 0 Å². The summed E-state index contributed by atoms with van der Waals surface area (Å²) in [7, 11) is 0. The van der Waals surface area contributed by atoms with E-state index >= 15 is 0 Å². The van der Waals surface area contributed by atoms with Crippen LogP contribution in [0.15, 0.2) is 0 Å². The number of hydrogen-bond acceptors (Lipinski definition) is 3. The second-order valence-corrected chi connectivity index (χ2v) is 4.93. The number of carboxylic acids is 1. The summed E-state index contributed by atoms with van der Waals surface area (Å²) in [6, 6.07) is -0.156. The highest BCUT2D eigenvalue weighted by molar-refractivity contribution is 5.77. The highest BCUT2D eigenvalue weighted by Gasteiger charge is 2.30. The van der Waals surface area contributed by atoms with Gasteiger partial charge in [-0.1, -0.05) is 0 Å². The summed E-state index contributed by atoms with van der Waals surface area (Å²) < 4.78 is 5.47. The van der Waals surface area contributed by atoms with Crippen molar-refractivity contribution in [3.05, 3.63) is 0 Å². The standard InChI is InChI=1S/C12H20N2O4/c15-11(16)9-4-6-14(8-9)12(17)13-5-3-10-2-1-7-18-10/h9-10H,1-8H2,(H,13,17)(H,15,16). The van der Waals surface area contributed by atoms with E-state index in [1.54, 1.807) is 4.90 Å². The third-order valence-electron chi connectivity index (χ3n) is 3.59. The Morgan fingerprint density at radius 3 is 2.83 bits per heavy atom. The lowest BCUT2D eigenvalue weighted by atomic mass is 10.1. The summed E-state index contributed by atoms with van der Waals surface area (Å²) in [4.78, 5) is 24.1. The number of carbonyl (C=O) groups excluding carboxylic acids is 1. The van der Waals surface area contributed by atoms with Gasteiger partial charge in [0.25, 0.3) is 0 Å². The fourth-order valence-corrected chi connectivity index (χ4v) is 2.47. The summed E-state index contributed by atoms with van der Waals surface area (Å²) in [5.41, 5.74) is 0. The number of urea groups is 1. The van der Waals surface area contributed by atoms with Gasteiger partial charge in [-0.15, -0.1) is 0 Å². The molecule has 0 spiro atoms. The van der Waals surface area contributed by atoms with Gasteiger partial charge in [0.2, 0.25) is 0 Å². The van der Waals surface area contributed by atoms with E-state index in [1.807, 2.05) is 0 Å². The molecule has 2 heterocycles. The van der Waals surface area contributed by atoms with Crippen molar-refractivity contribution < 1.29 is 19.4 Å². The monoisotopic (exact) mass is 256 g/mol. The molecule has 18 heavy (non-hydrogen) atoms. The normalized spacial score (nSPS) is 27.4. The highest BCUT2D eigenvalue weighted by Crippen LogP contribution is 2.17. The number of carboxylic acid groups (broad SMARTS) is 1. The van der Waals surface area contributed by atoms with Crippen LogP contribution in [0.3, 0.4) is 0 Å². The number of rotatable bonds is 4. The topological polar surface area (TPSA) is 78.9 Å². The van der Waals surface area contributed by atoms with Gasteiger partial charge in [0.1, 0.15) is 0 Å². The first-order valence-electron chi connectivity index (χ1n) is 6.54. The predicted molar refractivity (Wildman–Crippen MR) is 64.3 cm³/mol. The van der Waals surface area contributed by atoms with E-state index in [4.69, 9.17) is 9.84 Å². The molecule has 6 nitrogen and oxygen atoms in total. The van der Waals surface area contributed by atoms with Crippen molar-refractivity contribution in [1.82, 2.24) is 10.2 Å². The molecule has 0 aliphatic carbocycles. The first-order chi connectivity index (χ1) is 8.66. The van der Waals surface area contributed by atoms with Crippen molar-refractivity contribution in [3.8, 4) is 0 Å². The molecule has 2 saturated heterocycles. The average molecular weight is 256 g/mol. The molecule has 2 N–H and O–H groups in total. The minimum absolute atomic E-state index is 0.156. The van der Waals surface area contributed by atoms with Gasteiger partial charge in [0.15, 0.2) is 0 Å². The molecule has 0 aromatic rings. The molecule has 2 unspecified atom stereocenters. The summed E-state index contributed by atoms with van der Waals surface area (Å²) in [5.74, 6) is -1.22. The van der Waals surface area contributed by atoms with Crippen LogP contribution >= 0.6 is 0 Å². The third-order valence-corrected chi connectivity index (χ3v) is 3.59. The zero-order valence-corrected chi connectivity index (χ0v) is 10.4. The summed E-state index contributed by atoms with van der Waals surface area (Å²) >= 11 is 0. The average Bonchev–Trinajstić information content (AvgIpc) is 2.99. The van der Waals surface area contributed by atoms with Crippen LogP contribution in [0.1, 0.15) is 25.7 Å². The Morgan fingerprint density at radius 1 is 1.39 bits per heavy atom. The number of amides is 2. The van der Waals surface area contributed by atoms with Gasteiger partial charge in [0.05, 0.1) is 12.0 Å². The quantitative estimate of drug-likeness (QED) is 0.775. The molecule has 2 aliphatic heterocycles. The van der Waals surface area contributed by atoms with Gasteiger partial charge < -0.3 is 20.1 Å². The van der Waals surface area contributed by atoms with Gasteiger partial charge in [-0.05, 0) is 25.7 Å². The number of nitrogens with one attached hydrogen (secondary N) is 1. The molecule has 0 aromatic carbocycles. The highest BCUT2D eigenvalue weighted by atomic mass is 16.5. The first kappa shape index (κ1) is 13.1. The van der Waals surface area contributed by atoms with E-state index in [1.165, 1.54) is 0 Å². The SMILES string of the molecule is O=C(O)C1CCN(C(=O)NCCC2CCCO2)C1. The number of carbonyl (C=O) groups is 2. The lowest BCUT2D eigenvalue weighted by Gasteiger charge is -2.17. The molecular formula is C12H20N2O4. The Hall–Kier alpha value is -1.30. The third kappa shape index (κ3) is 3.35. The number of nitrogens with zero attached hydrogens (tertiary/aromatic N) is 1. The van der Waals surface area contributed by atoms with Crippen LogP contribution in [-0.2, 0) is 9.53 Å². The van der Waals surface area contributed by atoms with Crippen molar-refractivity contribution >= 4 is 12.0 Å². The summed E-state index contributed by atoms with van der Waals surface area (Å²) in [5, 5.41) is 11.7. The second kappa shape index (κ2) is 6.04. The molecule has 0 saturated carbocycles. The number of ether oxygens (including phenoxy) is 1. The lowest BCUT2D eigenvalue weighted by molar-refractivity contribution is -0.141. The zero-order valence-electron chi connectivity index (χ0n) is 10.4. The van der Waals surface area contributed by atoms with Gasteiger partial charge in [-0.2, -0.15) is 0 Å². The van der Waals surface area contributed by atoms with Crippen LogP contribution in [0, 0.1) is 5.92 Å². The Balaban J connectivity index is 1.64. The van der Waals surface area contributed by atoms with Crippen LogP contribution in [0.2, 0.25) is 0 Å². The van der Waals surface area contributed by atoms with Crippen LogP contribution in [-0.4, -0.2) is 54.4 Å². The summed E-state index contributed by atoms with van der Waals surface area (Å²) in [6.07, 6.45) is 3.83. The van der Waals surface area contributed by atoms with E-state index < -0.39 is 11.9 Å². The van der Waals surface area contributed by atoms with E-state index in [0.29, 0.717) is 26.1 Å². The Morgan fingerprint density at radius 2 is 2.22 bits per heavy atom. The maximum Gasteiger partial charge on any atom is 0.317 e. The number of hydrogen-bond donors (Lipinski definition) is 2. The lowest BCUT2D eigenvalue weighted by Crippen LogP contribution is -2.40. The smallest absolute Gasteiger partial charge is 0.317 e. The van der Waals surface area contributed by atoms with Gasteiger partial charge in [0, 0.05) is 26.2 Å². The van der Waals surface area contributed by atoms with Crippen molar-refractivity contribution in [2.75, 3.05) is 26.2 Å². The Bertz CT molecular complexity index is 315. The molecule has 0 bridgehead atoms. The Kier molecular flexibility index (Phi) is 4.41. The first-order valence-corrected chi connectivity index (χ1v) is 6.54. The van der Waals surface area contributed by atoms with E-state index in [9.17, 15) is 9.59 Å². The van der Waals surface area contributed by atoms with Gasteiger partial charge >= 0.3 is 12.0 Å². The molecule has 2 rings (SSSR count). The zero-order chi connectivity index (χ0) is 13.0. The molecule has 2 atom stereocenters. The van der Waals surface area contributed by atoms with Gasteiger partial charge in [-0.3, -0.25) is 4.79 Å². The minimum atomic E-state index is -0.815. The maximum absolute atomic E-state index is 11.8.